The lowest BCUT2D eigenvalue weighted by atomic mass is 10.2. The van der Waals surface area contributed by atoms with Crippen LogP contribution in [0, 0.1) is 0 Å². The molecule has 0 fully saturated rings. The highest BCUT2D eigenvalue weighted by Gasteiger charge is 2.00. The van der Waals surface area contributed by atoms with E-state index in [2.05, 4.69) is 22.0 Å². The van der Waals surface area contributed by atoms with Crippen LogP contribution < -0.4 is 4.52 Å². The first-order valence-electron chi connectivity index (χ1n) is 3.08. The first kappa shape index (κ1) is 9.74. The normalized spacial score (nSPS) is 10.4. The quantitative estimate of drug-likeness (QED) is 0.529. The Kier molecular flexibility index (Phi) is 3.75. The molecule has 0 saturated carbocycles. The molecule has 0 heterocycles. The van der Waals surface area contributed by atoms with E-state index in [-0.39, 0.29) is 11.3 Å². The van der Waals surface area contributed by atoms with Gasteiger partial charge in [-0.25, -0.2) is 0 Å². The van der Waals surface area contributed by atoms with Gasteiger partial charge < -0.3 is 9.63 Å². The lowest BCUT2D eigenvalue weighted by Gasteiger charge is -2.02. The van der Waals surface area contributed by atoms with E-state index in [0.717, 1.165) is 0 Å². The molecule has 0 aliphatic rings. The van der Waals surface area contributed by atoms with E-state index in [4.69, 9.17) is 4.52 Å². The molecule has 0 aliphatic carbocycles. The molecule has 1 N–H and O–H groups in total. The molecule has 1 atom stereocenters. The first-order chi connectivity index (χ1) is 5.77. The number of phenolic OH excluding ortho intramolecular Hbond substituents is 1. The van der Waals surface area contributed by atoms with Gasteiger partial charge in [-0.1, -0.05) is 0 Å². The van der Waals surface area contributed by atoms with Crippen molar-refractivity contribution >= 4 is 34.8 Å². The smallest absolute Gasteiger partial charge is 0.153 e. The number of phenols is 1. The minimum absolute atomic E-state index is 0.0443. The fourth-order valence-corrected chi connectivity index (χ4v) is 1.71. The Balaban J connectivity index is 2.93. The molecular weight excluding hydrogens is 290 g/mol. The van der Waals surface area contributed by atoms with Gasteiger partial charge in [0.1, 0.15) is 17.9 Å². The molecule has 64 valence electrons. The second-order valence-electron chi connectivity index (χ2n) is 2.02. The van der Waals surface area contributed by atoms with Crippen LogP contribution in [0.4, 0.5) is 0 Å². The highest BCUT2D eigenvalue weighted by Crippen LogP contribution is 2.30. The van der Waals surface area contributed by atoms with E-state index < -0.39 is 0 Å². The van der Waals surface area contributed by atoms with Crippen LogP contribution in [0.25, 0.3) is 0 Å². The Morgan fingerprint density at radius 3 is 2.83 bits per heavy atom. The molecule has 1 unspecified atom stereocenters. The summed E-state index contributed by atoms with van der Waals surface area (Å²) in [5, 5.41) is 9.21. The maximum Gasteiger partial charge on any atom is 0.153 e. The third-order valence-corrected chi connectivity index (χ3v) is 2.26. The molecule has 0 spiro atoms. The standard InChI is InChI=1S/C7H6IO3P/c8-12-11-6-2-1-5(4-9)7(10)3-6/h1-4,10,12H. The van der Waals surface area contributed by atoms with Crippen molar-refractivity contribution in [1.82, 2.24) is 0 Å². The number of aldehydes is 1. The minimum atomic E-state index is -0.0443. The number of benzene rings is 1. The van der Waals surface area contributed by atoms with Gasteiger partial charge in [0.05, 0.1) is 5.56 Å². The Bertz CT molecular complexity index is 290. The van der Waals surface area contributed by atoms with Crippen molar-refractivity contribution in [3.05, 3.63) is 23.8 Å². The second kappa shape index (κ2) is 4.62. The van der Waals surface area contributed by atoms with E-state index in [0.29, 0.717) is 18.5 Å². The van der Waals surface area contributed by atoms with Crippen molar-refractivity contribution in [2.75, 3.05) is 0 Å². The van der Waals surface area contributed by atoms with E-state index in [9.17, 15) is 9.90 Å². The zero-order chi connectivity index (χ0) is 8.97. The first-order valence-corrected chi connectivity index (χ1v) is 7.11. The molecule has 0 amide bonds. The number of halogens is 1. The summed E-state index contributed by atoms with van der Waals surface area (Å²) in [5.41, 5.74) is 0.277. The summed E-state index contributed by atoms with van der Waals surface area (Å²) in [6.07, 6.45) is 0.603. The predicted octanol–water partition coefficient (Wildman–Crippen LogP) is 2.53. The number of rotatable bonds is 3. The molecule has 0 aromatic heterocycles. The molecule has 1 aromatic carbocycles. The van der Waals surface area contributed by atoms with Crippen molar-refractivity contribution in [2.24, 2.45) is 0 Å². The van der Waals surface area contributed by atoms with Gasteiger partial charge in [-0.3, -0.25) is 4.79 Å². The number of carbonyl (C=O) groups excluding carboxylic acids is 1. The van der Waals surface area contributed by atoms with E-state index in [1.54, 1.807) is 6.07 Å². The molecule has 5 heteroatoms. The SMILES string of the molecule is O=Cc1ccc(OPI)cc1O. The Hall–Kier alpha value is -0.350. The van der Waals surface area contributed by atoms with Crippen LogP contribution >= 0.6 is 28.5 Å². The average molecular weight is 296 g/mol. The molecule has 1 aromatic rings. The topological polar surface area (TPSA) is 46.5 Å². The lowest BCUT2D eigenvalue weighted by Crippen LogP contribution is -1.82. The zero-order valence-corrected chi connectivity index (χ0v) is 9.11. The van der Waals surface area contributed by atoms with Gasteiger partial charge in [0.2, 0.25) is 0 Å². The van der Waals surface area contributed by atoms with Gasteiger partial charge in [-0.2, -0.15) is 0 Å². The van der Waals surface area contributed by atoms with Crippen LogP contribution in [0.3, 0.4) is 0 Å². The fourth-order valence-electron chi connectivity index (χ4n) is 0.731. The Morgan fingerprint density at radius 1 is 1.58 bits per heavy atom. The summed E-state index contributed by atoms with van der Waals surface area (Å²) in [6.45, 7) is 0.300. The third kappa shape index (κ3) is 2.32. The molecule has 12 heavy (non-hydrogen) atoms. The summed E-state index contributed by atoms with van der Waals surface area (Å²) in [7, 11) is 0. The third-order valence-electron chi connectivity index (χ3n) is 1.29. The number of hydrogen-bond acceptors (Lipinski definition) is 3. The average Bonchev–Trinajstić information content (AvgIpc) is 2.05. The summed E-state index contributed by atoms with van der Waals surface area (Å²) in [4.78, 5) is 10.3. The summed E-state index contributed by atoms with van der Waals surface area (Å²) < 4.78 is 5.12. The summed E-state index contributed by atoms with van der Waals surface area (Å²) in [5.74, 6) is 0.531. The van der Waals surface area contributed by atoms with Gasteiger partial charge in [0.25, 0.3) is 0 Å². The van der Waals surface area contributed by atoms with Gasteiger partial charge in [0.15, 0.2) is 6.29 Å². The minimum Gasteiger partial charge on any atom is -0.507 e. The monoisotopic (exact) mass is 296 g/mol. The Morgan fingerprint density at radius 2 is 2.33 bits per heavy atom. The zero-order valence-electron chi connectivity index (χ0n) is 5.95. The molecule has 1 rings (SSSR count). The van der Waals surface area contributed by atoms with Crippen LogP contribution in [-0.2, 0) is 0 Å². The van der Waals surface area contributed by atoms with Gasteiger partial charge in [0, 0.05) is 6.07 Å². The summed E-state index contributed by atoms with van der Waals surface area (Å²) >= 11 is 2.07. The largest absolute Gasteiger partial charge is 0.507 e. The fraction of sp³-hybridized carbons (Fsp3) is 0. The second-order valence-corrected chi connectivity index (χ2v) is 3.70. The lowest BCUT2D eigenvalue weighted by molar-refractivity contribution is 0.112. The van der Waals surface area contributed by atoms with Crippen molar-refractivity contribution in [3.8, 4) is 11.5 Å². The predicted molar refractivity (Wildman–Crippen MR) is 56.5 cm³/mol. The van der Waals surface area contributed by atoms with Crippen LogP contribution in [-0.4, -0.2) is 11.4 Å². The van der Waals surface area contributed by atoms with Gasteiger partial charge in [-0.05, 0) is 34.2 Å². The van der Waals surface area contributed by atoms with Gasteiger partial charge >= 0.3 is 0 Å². The molecule has 3 nitrogen and oxygen atoms in total. The molecule has 0 radical (unpaired) electrons. The highest BCUT2D eigenvalue weighted by molar-refractivity contribution is 14.2. The Labute approximate surface area is 84.5 Å². The molecule has 0 aliphatic heterocycles. The van der Waals surface area contributed by atoms with E-state index in [1.165, 1.54) is 12.1 Å². The molecule has 0 saturated heterocycles. The van der Waals surface area contributed by atoms with E-state index in [1.807, 2.05) is 0 Å². The van der Waals surface area contributed by atoms with Crippen LogP contribution in [0.15, 0.2) is 18.2 Å². The molecular formula is C7H6IO3P. The maximum absolute atomic E-state index is 10.3. The molecule has 0 bridgehead atoms. The number of aromatic hydroxyl groups is 1. The van der Waals surface area contributed by atoms with Crippen molar-refractivity contribution < 1.29 is 14.4 Å². The van der Waals surface area contributed by atoms with Crippen LogP contribution in [0.5, 0.6) is 11.5 Å². The van der Waals surface area contributed by atoms with Crippen molar-refractivity contribution in [2.45, 2.75) is 0 Å². The van der Waals surface area contributed by atoms with Gasteiger partial charge in [-0.15, -0.1) is 0 Å². The van der Waals surface area contributed by atoms with Crippen LogP contribution in [0.2, 0.25) is 0 Å². The number of hydrogen-bond donors (Lipinski definition) is 1. The van der Waals surface area contributed by atoms with E-state index >= 15 is 0 Å². The van der Waals surface area contributed by atoms with Crippen molar-refractivity contribution in [1.29, 1.82) is 0 Å². The van der Waals surface area contributed by atoms with Crippen LogP contribution in [0.1, 0.15) is 10.4 Å². The highest BCUT2D eigenvalue weighted by atomic mass is 127. The number of carbonyl (C=O) groups is 1. The maximum atomic E-state index is 10.3. The van der Waals surface area contributed by atoms with Crippen molar-refractivity contribution in [3.63, 3.8) is 0 Å². The summed E-state index contributed by atoms with van der Waals surface area (Å²) in [6, 6.07) is 4.60.